The third-order valence-corrected chi connectivity index (χ3v) is 2.92. The molecule has 0 atom stereocenters. The molecule has 1 N–H and O–H groups in total. The van der Waals surface area contributed by atoms with Crippen LogP contribution in [-0.4, -0.2) is 28.4 Å². The lowest BCUT2D eigenvalue weighted by Gasteiger charge is -2.23. The minimum atomic E-state index is -0.475. The Hall–Kier alpha value is -1.04. The predicted molar refractivity (Wildman–Crippen MR) is 63.6 cm³/mol. The molecule has 0 saturated heterocycles. The fourth-order valence-electron chi connectivity index (χ4n) is 1.61. The van der Waals surface area contributed by atoms with Gasteiger partial charge in [0, 0.05) is 12.1 Å². The van der Waals surface area contributed by atoms with E-state index in [2.05, 4.69) is 26.1 Å². The Labute approximate surface area is 102 Å². The molecule has 1 aliphatic rings. The lowest BCUT2D eigenvalue weighted by atomic mass is 10.2. The molecule has 0 bridgehead atoms. The SMILES string of the molecule is CC(C)(C)OC(=O)N1CCc2c(Br)n[nH]c21. The molecule has 1 aromatic rings. The Kier molecular flexibility index (Phi) is 2.69. The van der Waals surface area contributed by atoms with Crippen LogP contribution in [0.15, 0.2) is 4.60 Å². The largest absolute Gasteiger partial charge is 0.443 e. The van der Waals surface area contributed by atoms with Gasteiger partial charge < -0.3 is 4.74 Å². The maximum atomic E-state index is 11.9. The zero-order valence-corrected chi connectivity index (χ0v) is 11.1. The van der Waals surface area contributed by atoms with Crippen LogP contribution in [0.5, 0.6) is 0 Å². The van der Waals surface area contributed by atoms with E-state index in [1.54, 1.807) is 4.90 Å². The molecule has 0 aliphatic carbocycles. The number of hydrogen-bond acceptors (Lipinski definition) is 3. The number of nitrogens with one attached hydrogen (secondary N) is 1. The van der Waals surface area contributed by atoms with Crippen molar-refractivity contribution < 1.29 is 9.53 Å². The van der Waals surface area contributed by atoms with Gasteiger partial charge in [-0.3, -0.25) is 10.00 Å². The number of aromatic amines is 1. The number of nitrogens with zero attached hydrogens (tertiary/aromatic N) is 2. The zero-order valence-electron chi connectivity index (χ0n) is 9.50. The van der Waals surface area contributed by atoms with Crippen molar-refractivity contribution >= 4 is 27.8 Å². The van der Waals surface area contributed by atoms with Gasteiger partial charge in [0.05, 0.1) is 0 Å². The quantitative estimate of drug-likeness (QED) is 0.797. The van der Waals surface area contributed by atoms with Crippen LogP contribution in [0.1, 0.15) is 26.3 Å². The predicted octanol–water partition coefficient (Wildman–Crippen LogP) is 2.47. The first kappa shape index (κ1) is 11.4. The molecular weight excluding hydrogens is 274 g/mol. The highest BCUT2D eigenvalue weighted by Crippen LogP contribution is 2.31. The Morgan fingerprint density at radius 1 is 1.56 bits per heavy atom. The molecule has 5 nitrogen and oxygen atoms in total. The summed E-state index contributed by atoms with van der Waals surface area (Å²) < 4.78 is 6.08. The third-order valence-electron chi connectivity index (χ3n) is 2.26. The summed E-state index contributed by atoms with van der Waals surface area (Å²) in [6.07, 6.45) is 0.466. The number of anilines is 1. The number of hydrogen-bond donors (Lipinski definition) is 1. The molecule has 0 aromatic carbocycles. The fraction of sp³-hybridized carbons (Fsp3) is 0.600. The van der Waals surface area contributed by atoms with Crippen molar-refractivity contribution in [1.82, 2.24) is 10.2 Å². The van der Waals surface area contributed by atoms with Crippen LogP contribution in [0.3, 0.4) is 0 Å². The first-order valence-electron chi connectivity index (χ1n) is 5.12. The van der Waals surface area contributed by atoms with E-state index in [1.807, 2.05) is 20.8 Å². The van der Waals surface area contributed by atoms with Gasteiger partial charge in [-0.1, -0.05) is 0 Å². The summed E-state index contributed by atoms with van der Waals surface area (Å²) in [7, 11) is 0. The number of halogens is 1. The molecular formula is C10H14BrN3O2. The van der Waals surface area contributed by atoms with Gasteiger partial charge >= 0.3 is 6.09 Å². The first-order valence-corrected chi connectivity index (χ1v) is 5.91. The van der Waals surface area contributed by atoms with Crippen LogP contribution in [0.2, 0.25) is 0 Å². The van der Waals surface area contributed by atoms with Gasteiger partial charge in [0.25, 0.3) is 0 Å². The number of carbonyl (C=O) groups is 1. The van der Waals surface area contributed by atoms with Crippen molar-refractivity contribution in [2.75, 3.05) is 11.4 Å². The molecule has 16 heavy (non-hydrogen) atoms. The Bertz CT molecular complexity index is 422. The van der Waals surface area contributed by atoms with Gasteiger partial charge in [0.2, 0.25) is 0 Å². The number of H-pyrrole nitrogens is 1. The third kappa shape index (κ3) is 2.07. The minimum Gasteiger partial charge on any atom is -0.443 e. The lowest BCUT2D eigenvalue weighted by Crippen LogP contribution is -2.36. The van der Waals surface area contributed by atoms with Crippen LogP contribution in [0, 0.1) is 0 Å². The van der Waals surface area contributed by atoms with Crippen molar-refractivity contribution in [3.8, 4) is 0 Å². The number of amides is 1. The van der Waals surface area contributed by atoms with E-state index >= 15 is 0 Å². The summed E-state index contributed by atoms with van der Waals surface area (Å²) in [5, 5.41) is 6.84. The van der Waals surface area contributed by atoms with Gasteiger partial charge in [0.15, 0.2) is 0 Å². The van der Waals surface area contributed by atoms with Gasteiger partial charge in [-0.25, -0.2) is 4.79 Å². The van der Waals surface area contributed by atoms with Gasteiger partial charge in [-0.05, 0) is 43.1 Å². The molecule has 2 heterocycles. The minimum absolute atomic E-state index is 0.331. The summed E-state index contributed by atoms with van der Waals surface area (Å²) >= 11 is 3.33. The molecule has 0 spiro atoms. The summed E-state index contributed by atoms with van der Waals surface area (Å²) in [4.78, 5) is 13.5. The van der Waals surface area contributed by atoms with Gasteiger partial charge in [-0.2, -0.15) is 5.10 Å². The van der Waals surface area contributed by atoms with Gasteiger partial charge in [0.1, 0.15) is 16.0 Å². The number of carbonyl (C=O) groups excluding carboxylic acids is 1. The second-order valence-corrected chi connectivity index (χ2v) is 5.47. The molecule has 6 heteroatoms. The van der Waals surface area contributed by atoms with E-state index < -0.39 is 5.60 Å². The van der Waals surface area contributed by atoms with Crippen LogP contribution in [0.25, 0.3) is 0 Å². The summed E-state index contributed by atoms with van der Waals surface area (Å²) in [5.41, 5.74) is 0.558. The summed E-state index contributed by atoms with van der Waals surface area (Å²) in [6, 6.07) is 0. The second kappa shape index (κ2) is 3.76. The van der Waals surface area contributed by atoms with Crippen molar-refractivity contribution in [1.29, 1.82) is 0 Å². The molecule has 0 radical (unpaired) electrons. The van der Waals surface area contributed by atoms with Crippen molar-refractivity contribution in [3.63, 3.8) is 0 Å². The lowest BCUT2D eigenvalue weighted by molar-refractivity contribution is 0.0583. The van der Waals surface area contributed by atoms with E-state index in [9.17, 15) is 4.79 Å². The van der Waals surface area contributed by atoms with E-state index in [0.29, 0.717) is 6.54 Å². The molecule has 1 amide bonds. The maximum Gasteiger partial charge on any atom is 0.416 e. The van der Waals surface area contributed by atoms with Gasteiger partial charge in [-0.15, -0.1) is 0 Å². The smallest absolute Gasteiger partial charge is 0.416 e. The fourth-order valence-corrected chi connectivity index (χ4v) is 2.09. The number of aromatic nitrogens is 2. The summed E-state index contributed by atoms with van der Waals surface area (Å²) in [5.74, 6) is 0.737. The van der Waals surface area contributed by atoms with Crippen LogP contribution >= 0.6 is 15.9 Å². The van der Waals surface area contributed by atoms with Crippen molar-refractivity contribution in [2.45, 2.75) is 32.8 Å². The highest BCUT2D eigenvalue weighted by Gasteiger charge is 2.31. The van der Waals surface area contributed by atoms with Crippen LogP contribution < -0.4 is 4.90 Å². The van der Waals surface area contributed by atoms with E-state index in [1.165, 1.54) is 0 Å². The molecule has 0 unspecified atom stereocenters. The number of fused-ring (bicyclic) bond motifs is 1. The van der Waals surface area contributed by atoms with E-state index in [4.69, 9.17) is 4.74 Å². The monoisotopic (exact) mass is 287 g/mol. The van der Waals surface area contributed by atoms with E-state index in [-0.39, 0.29) is 6.09 Å². The average molecular weight is 288 g/mol. The molecule has 88 valence electrons. The van der Waals surface area contributed by atoms with Crippen LogP contribution in [-0.2, 0) is 11.2 Å². The van der Waals surface area contributed by atoms with Crippen molar-refractivity contribution in [2.24, 2.45) is 0 Å². The topological polar surface area (TPSA) is 58.2 Å². The highest BCUT2D eigenvalue weighted by molar-refractivity contribution is 9.10. The van der Waals surface area contributed by atoms with E-state index in [0.717, 1.165) is 22.4 Å². The number of rotatable bonds is 0. The maximum absolute atomic E-state index is 11.9. The molecule has 2 rings (SSSR count). The number of ether oxygens (including phenoxy) is 1. The Morgan fingerprint density at radius 2 is 2.25 bits per heavy atom. The van der Waals surface area contributed by atoms with Crippen LogP contribution in [0.4, 0.5) is 10.6 Å². The van der Waals surface area contributed by atoms with Crippen molar-refractivity contribution in [3.05, 3.63) is 10.2 Å². The average Bonchev–Trinajstić information content (AvgIpc) is 2.66. The molecule has 0 fully saturated rings. The Morgan fingerprint density at radius 3 is 2.88 bits per heavy atom. The normalized spacial score (nSPS) is 15.1. The standard InChI is InChI=1S/C10H14BrN3O2/c1-10(2,3)16-9(15)14-5-4-6-7(11)12-13-8(6)14/h4-5H2,1-3H3,(H,12,13). The second-order valence-electron chi connectivity index (χ2n) is 4.72. The first-order chi connectivity index (χ1) is 7.38. The Balaban J connectivity index is 2.16. The molecule has 1 aliphatic heterocycles. The zero-order chi connectivity index (χ0) is 11.9. The molecule has 0 saturated carbocycles. The highest BCUT2D eigenvalue weighted by atomic mass is 79.9. The molecule has 1 aromatic heterocycles. The summed E-state index contributed by atoms with van der Waals surface area (Å²) in [6.45, 7) is 6.19.